The number of halogens is 1. The van der Waals surface area contributed by atoms with Crippen LogP contribution in [0.25, 0.3) is 0 Å². The molecule has 2 aromatic rings. The van der Waals surface area contributed by atoms with E-state index in [9.17, 15) is 22.4 Å². The van der Waals surface area contributed by atoms with Gasteiger partial charge in [-0.15, -0.1) is 0 Å². The van der Waals surface area contributed by atoms with Crippen LogP contribution < -0.4 is 9.62 Å². The van der Waals surface area contributed by atoms with Crippen LogP contribution in [0.3, 0.4) is 0 Å². The Hall–Kier alpha value is -2.94. The largest absolute Gasteiger partial charge is 0.352 e. The van der Waals surface area contributed by atoms with Crippen molar-refractivity contribution in [2.24, 2.45) is 0 Å². The molecule has 0 heterocycles. The van der Waals surface area contributed by atoms with Crippen LogP contribution in [0.1, 0.15) is 38.3 Å². The zero-order valence-electron chi connectivity index (χ0n) is 19.7. The number of anilines is 1. The molecule has 2 aromatic carbocycles. The van der Waals surface area contributed by atoms with Gasteiger partial charge in [0.1, 0.15) is 18.4 Å². The molecule has 2 atom stereocenters. The molecule has 2 unspecified atom stereocenters. The molecule has 0 aliphatic heterocycles. The predicted molar refractivity (Wildman–Crippen MR) is 128 cm³/mol. The molecule has 0 aliphatic rings. The second kappa shape index (κ2) is 11.3. The summed E-state index contributed by atoms with van der Waals surface area (Å²) in [5, 5.41) is 2.86. The number of rotatable bonds is 10. The van der Waals surface area contributed by atoms with Crippen molar-refractivity contribution in [2.45, 2.75) is 52.7 Å². The van der Waals surface area contributed by atoms with Crippen molar-refractivity contribution >= 4 is 27.5 Å². The number of benzene rings is 2. The van der Waals surface area contributed by atoms with Crippen molar-refractivity contribution in [3.05, 3.63) is 65.5 Å². The molecule has 2 amide bonds. The number of hydrogen-bond acceptors (Lipinski definition) is 4. The first kappa shape index (κ1) is 26.3. The van der Waals surface area contributed by atoms with Crippen molar-refractivity contribution < 1.29 is 22.4 Å². The average Bonchev–Trinajstić information content (AvgIpc) is 2.76. The fraction of sp³-hybridized carbons (Fsp3) is 0.417. The van der Waals surface area contributed by atoms with E-state index in [1.807, 2.05) is 20.8 Å². The van der Waals surface area contributed by atoms with Gasteiger partial charge < -0.3 is 10.2 Å². The lowest BCUT2D eigenvalue weighted by Crippen LogP contribution is -2.52. The summed E-state index contributed by atoms with van der Waals surface area (Å²) in [5.41, 5.74) is 1.93. The van der Waals surface area contributed by atoms with Crippen LogP contribution in [-0.4, -0.2) is 50.0 Å². The summed E-state index contributed by atoms with van der Waals surface area (Å²) in [5.74, 6) is -1.31. The molecule has 0 aliphatic carbocycles. The molecule has 0 spiro atoms. The second-order valence-electron chi connectivity index (χ2n) is 8.25. The number of carbonyl (C=O) groups is 2. The zero-order valence-corrected chi connectivity index (χ0v) is 20.5. The van der Waals surface area contributed by atoms with Gasteiger partial charge in [-0.2, -0.15) is 0 Å². The summed E-state index contributed by atoms with van der Waals surface area (Å²) in [6, 6.07) is 11.5. The van der Waals surface area contributed by atoms with Crippen molar-refractivity contribution in [3.63, 3.8) is 0 Å². The average molecular weight is 478 g/mol. The van der Waals surface area contributed by atoms with Gasteiger partial charge in [-0.25, -0.2) is 12.8 Å². The standard InChI is InChI=1S/C24H32FN3O4S/c1-6-18(3)26-24(30)19(4)27(15-20-9-11-21(25)12-10-20)23(29)16-28(33(5,31)32)22-13-7-17(2)8-14-22/h7-14,18-19H,6,15-16H2,1-5H3,(H,26,30). The number of nitrogens with one attached hydrogen (secondary N) is 1. The summed E-state index contributed by atoms with van der Waals surface area (Å²) < 4.78 is 39.4. The van der Waals surface area contributed by atoms with E-state index in [-0.39, 0.29) is 18.5 Å². The molecule has 0 saturated heterocycles. The van der Waals surface area contributed by atoms with Gasteiger partial charge >= 0.3 is 0 Å². The zero-order chi connectivity index (χ0) is 24.8. The summed E-state index contributed by atoms with van der Waals surface area (Å²) in [6.07, 6.45) is 1.75. The van der Waals surface area contributed by atoms with Gasteiger partial charge in [-0.05, 0) is 57.0 Å². The molecule has 0 bridgehead atoms. The molecule has 0 saturated carbocycles. The lowest BCUT2D eigenvalue weighted by atomic mass is 10.1. The SMILES string of the molecule is CCC(C)NC(=O)C(C)N(Cc1ccc(F)cc1)C(=O)CN(c1ccc(C)cc1)S(C)(=O)=O. The van der Waals surface area contributed by atoms with Crippen molar-refractivity contribution in [3.8, 4) is 0 Å². The van der Waals surface area contributed by atoms with Gasteiger partial charge in [-0.1, -0.05) is 36.8 Å². The van der Waals surface area contributed by atoms with Gasteiger partial charge in [0.15, 0.2) is 0 Å². The minimum Gasteiger partial charge on any atom is -0.352 e. The normalized spacial score (nSPS) is 13.2. The highest BCUT2D eigenvalue weighted by Gasteiger charge is 2.30. The lowest BCUT2D eigenvalue weighted by molar-refractivity contribution is -0.139. The van der Waals surface area contributed by atoms with E-state index in [0.717, 1.165) is 22.5 Å². The van der Waals surface area contributed by atoms with Crippen LogP contribution in [0.2, 0.25) is 0 Å². The third-order valence-corrected chi connectivity index (χ3v) is 6.58. The van der Waals surface area contributed by atoms with E-state index in [2.05, 4.69) is 5.32 Å². The molecule has 1 N–H and O–H groups in total. The Morgan fingerprint density at radius 3 is 2.12 bits per heavy atom. The van der Waals surface area contributed by atoms with E-state index in [0.29, 0.717) is 11.3 Å². The smallest absolute Gasteiger partial charge is 0.244 e. The molecule has 0 aromatic heterocycles. The van der Waals surface area contributed by atoms with Crippen LogP contribution >= 0.6 is 0 Å². The molecule has 7 nitrogen and oxygen atoms in total. The first-order chi connectivity index (χ1) is 15.4. The lowest BCUT2D eigenvalue weighted by Gasteiger charge is -2.32. The number of carbonyl (C=O) groups excluding carboxylic acids is 2. The number of amides is 2. The minimum atomic E-state index is -3.77. The van der Waals surface area contributed by atoms with Gasteiger partial charge in [0.05, 0.1) is 11.9 Å². The maximum absolute atomic E-state index is 13.4. The summed E-state index contributed by atoms with van der Waals surface area (Å²) in [6.45, 7) is 6.82. The van der Waals surface area contributed by atoms with Crippen molar-refractivity contribution in [2.75, 3.05) is 17.1 Å². The van der Waals surface area contributed by atoms with Crippen LogP contribution in [0.4, 0.5) is 10.1 Å². The topological polar surface area (TPSA) is 86.8 Å². The number of hydrogen-bond donors (Lipinski definition) is 1. The Morgan fingerprint density at radius 2 is 1.61 bits per heavy atom. The fourth-order valence-corrected chi connectivity index (χ4v) is 4.01. The Kier molecular flexibility index (Phi) is 8.99. The highest BCUT2D eigenvalue weighted by Crippen LogP contribution is 2.20. The Labute approximate surface area is 195 Å². The quantitative estimate of drug-likeness (QED) is 0.569. The second-order valence-corrected chi connectivity index (χ2v) is 10.2. The van der Waals surface area contributed by atoms with Crippen LogP contribution in [-0.2, 0) is 26.2 Å². The van der Waals surface area contributed by atoms with Crippen LogP contribution in [0.15, 0.2) is 48.5 Å². The number of aryl methyl sites for hydroxylation is 1. The molecule has 2 rings (SSSR count). The summed E-state index contributed by atoms with van der Waals surface area (Å²) in [4.78, 5) is 27.5. The van der Waals surface area contributed by atoms with Crippen molar-refractivity contribution in [1.82, 2.24) is 10.2 Å². The van der Waals surface area contributed by atoms with Gasteiger partial charge in [0.25, 0.3) is 0 Å². The Bertz CT molecular complexity index is 1060. The maximum atomic E-state index is 13.4. The highest BCUT2D eigenvalue weighted by atomic mass is 32.2. The molecule has 0 fully saturated rings. The third-order valence-electron chi connectivity index (χ3n) is 5.44. The van der Waals surface area contributed by atoms with E-state index < -0.39 is 34.3 Å². The van der Waals surface area contributed by atoms with Crippen molar-refractivity contribution in [1.29, 1.82) is 0 Å². The maximum Gasteiger partial charge on any atom is 0.244 e. The first-order valence-corrected chi connectivity index (χ1v) is 12.7. The molecule has 180 valence electrons. The molecule has 9 heteroatoms. The van der Waals surface area contributed by atoms with E-state index >= 15 is 0 Å². The molecule has 33 heavy (non-hydrogen) atoms. The molecular formula is C24H32FN3O4S. The third kappa shape index (κ3) is 7.56. The first-order valence-electron chi connectivity index (χ1n) is 10.8. The monoisotopic (exact) mass is 477 g/mol. The van der Waals surface area contributed by atoms with Gasteiger partial charge in [-0.3, -0.25) is 13.9 Å². The highest BCUT2D eigenvalue weighted by molar-refractivity contribution is 7.92. The van der Waals surface area contributed by atoms with Crippen LogP contribution in [0.5, 0.6) is 0 Å². The summed E-state index contributed by atoms with van der Waals surface area (Å²) in [7, 11) is -3.77. The van der Waals surface area contributed by atoms with E-state index in [1.54, 1.807) is 31.2 Å². The van der Waals surface area contributed by atoms with E-state index in [1.165, 1.54) is 29.2 Å². The molecule has 0 radical (unpaired) electrons. The number of nitrogens with zero attached hydrogens (tertiary/aromatic N) is 2. The van der Waals surface area contributed by atoms with Gasteiger partial charge in [0, 0.05) is 12.6 Å². The Balaban J connectivity index is 2.36. The summed E-state index contributed by atoms with van der Waals surface area (Å²) >= 11 is 0. The number of sulfonamides is 1. The minimum absolute atomic E-state index is 0.0275. The van der Waals surface area contributed by atoms with E-state index in [4.69, 9.17) is 0 Å². The Morgan fingerprint density at radius 1 is 1.03 bits per heavy atom. The van der Waals surface area contributed by atoms with Gasteiger partial charge in [0.2, 0.25) is 21.8 Å². The fourth-order valence-electron chi connectivity index (χ4n) is 3.16. The van der Waals surface area contributed by atoms with Crippen LogP contribution in [0, 0.1) is 12.7 Å². The predicted octanol–water partition coefficient (Wildman–Crippen LogP) is 3.23. The molecular weight excluding hydrogens is 445 g/mol.